The Hall–Kier alpha value is -2.09. The summed E-state index contributed by atoms with van der Waals surface area (Å²) >= 11 is 0. The van der Waals surface area contributed by atoms with E-state index in [2.05, 4.69) is 15.5 Å². The maximum atomic E-state index is 12.0. The second kappa shape index (κ2) is 7.65. The number of carboxylic acids is 1. The van der Waals surface area contributed by atoms with Gasteiger partial charge >= 0.3 is 12.1 Å². The molecule has 1 rings (SSSR count). The van der Waals surface area contributed by atoms with Gasteiger partial charge in [-0.1, -0.05) is 0 Å². The van der Waals surface area contributed by atoms with Crippen molar-refractivity contribution < 1.29 is 24.2 Å². The van der Waals surface area contributed by atoms with Crippen LogP contribution in [-0.4, -0.2) is 52.2 Å². The summed E-state index contributed by atoms with van der Waals surface area (Å²) in [6, 6.07) is 0. The minimum absolute atomic E-state index is 0.0184. The summed E-state index contributed by atoms with van der Waals surface area (Å²) in [4.78, 5) is 23.2. The zero-order valence-electron chi connectivity index (χ0n) is 15.1. The zero-order chi connectivity index (χ0) is 18.5. The van der Waals surface area contributed by atoms with Crippen LogP contribution >= 0.6 is 0 Å². The van der Waals surface area contributed by atoms with Gasteiger partial charge in [0.25, 0.3) is 0 Å². The standard InChI is InChI=1S/C16H27N3O5/c1-15(2,3)24-14(22)17-16(4,5)9-11-10(7-8-23-6)12(13(20)21)19-18-11/h7-9H2,1-6H3,(H,17,22)(H,18,19)(H,20,21). The molecule has 0 atom stereocenters. The lowest BCUT2D eigenvalue weighted by molar-refractivity contribution is 0.0471. The number of aromatic amines is 1. The minimum Gasteiger partial charge on any atom is -0.476 e. The molecule has 8 nitrogen and oxygen atoms in total. The molecule has 0 aliphatic heterocycles. The molecule has 0 bridgehead atoms. The normalized spacial score (nSPS) is 12.1. The molecule has 24 heavy (non-hydrogen) atoms. The van der Waals surface area contributed by atoms with Crippen LogP contribution < -0.4 is 5.32 Å². The molecule has 0 spiro atoms. The third-order valence-electron chi connectivity index (χ3n) is 3.17. The van der Waals surface area contributed by atoms with E-state index in [0.717, 1.165) is 0 Å². The first-order chi connectivity index (χ1) is 10.9. The predicted molar refractivity (Wildman–Crippen MR) is 88.3 cm³/mol. The Bertz CT molecular complexity index is 587. The van der Waals surface area contributed by atoms with E-state index >= 15 is 0 Å². The smallest absolute Gasteiger partial charge is 0.408 e. The third-order valence-corrected chi connectivity index (χ3v) is 3.17. The largest absolute Gasteiger partial charge is 0.476 e. The van der Waals surface area contributed by atoms with Crippen molar-refractivity contribution in [2.75, 3.05) is 13.7 Å². The number of rotatable bonds is 7. The maximum Gasteiger partial charge on any atom is 0.408 e. The van der Waals surface area contributed by atoms with Crippen molar-refractivity contribution >= 4 is 12.1 Å². The Morgan fingerprint density at radius 2 is 1.88 bits per heavy atom. The van der Waals surface area contributed by atoms with Crippen molar-refractivity contribution in [2.45, 2.75) is 58.6 Å². The molecule has 3 N–H and O–H groups in total. The van der Waals surface area contributed by atoms with Crippen molar-refractivity contribution in [1.82, 2.24) is 15.5 Å². The van der Waals surface area contributed by atoms with Gasteiger partial charge in [0.1, 0.15) is 5.60 Å². The lowest BCUT2D eigenvalue weighted by Crippen LogP contribution is -2.47. The van der Waals surface area contributed by atoms with Gasteiger partial charge in [-0.3, -0.25) is 5.10 Å². The van der Waals surface area contributed by atoms with Crippen LogP contribution in [0.15, 0.2) is 0 Å². The molecule has 0 radical (unpaired) electrons. The molecule has 0 aliphatic carbocycles. The van der Waals surface area contributed by atoms with Gasteiger partial charge in [0, 0.05) is 36.7 Å². The molecule has 0 saturated heterocycles. The van der Waals surface area contributed by atoms with Crippen molar-refractivity contribution in [3.05, 3.63) is 17.0 Å². The van der Waals surface area contributed by atoms with E-state index in [4.69, 9.17) is 9.47 Å². The summed E-state index contributed by atoms with van der Waals surface area (Å²) in [5.41, 5.74) is -0.00944. The SMILES string of the molecule is COCCc1c(C(=O)O)n[nH]c1CC(C)(C)NC(=O)OC(C)(C)C. The highest BCUT2D eigenvalue weighted by Crippen LogP contribution is 2.19. The molecule has 8 heteroatoms. The van der Waals surface area contributed by atoms with E-state index in [1.165, 1.54) is 0 Å². The molecule has 0 saturated carbocycles. The average molecular weight is 341 g/mol. The van der Waals surface area contributed by atoms with Gasteiger partial charge in [-0.15, -0.1) is 0 Å². The molecule has 0 aromatic carbocycles. The van der Waals surface area contributed by atoms with E-state index in [-0.39, 0.29) is 5.69 Å². The van der Waals surface area contributed by atoms with Gasteiger partial charge in [-0.05, 0) is 34.6 Å². The number of carbonyl (C=O) groups is 2. The summed E-state index contributed by atoms with van der Waals surface area (Å²) < 4.78 is 10.3. The molecule has 1 amide bonds. The highest BCUT2D eigenvalue weighted by atomic mass is 16.6. The number of carbonyl (C=O) groups excluding carboxylic acids is 1. The quantitative estimate of drug-likeness (QED) is 0.700. The Morgan fingerprint density at radius 1 is 1.25 bits per heavy atom. The first-order valence-electron chi connectivity index (χ1n) is 7.74. The van der Waals surface area contributed by atoms with Crippen LogP contribution in [0.1, 0.15) is 56.4 Å². The van der Waals surface area contributed by atoms with Gasteiger partial charge in [0.05, 0.1) is 6.61 Å². The maximum absolute atomic E-state index is 12.0. The van der Waals surface area contributed by atoms with Crippen LogP contribution in [0.5, 0.6) is 0 Å². The number of carboxylic acid groups (broad SMARTS) is 1. The number of alkyl carbamates (subject to hydrolysis) is 1. The van der Waals surface area contributed by atoms with Gasteiger partial charge in [0.2, 0.25) is 0 Å². The molecular weight excluding hydrogens is 314 g/mol. The van der Waals surface area contributed by atoms with E-state index < -0.39 is 23.2 Å². The van der Waals surface area contributed by atoms with Crippen molar-refractivity contribution in [3.63, 3.8) is 0 Å². The molecule has 1 aromatic heterocycles. The fourth-order valence-corrected chi connectivity index (χ4v) is 2.26. The second-order valence-corrected chi connectivity index (χ2v) is 7.26. The monoisotopic (exact) mass is 341 g/mol. The third kappa shape index (κ3) is 6.19. The average Bonchev–Trinajstić information content (AvgIpc) is 2.75. The van der Waals surface area contributed by atoms with Crippen LogP contribution in [-0.2, 0) is 22.3 Å². The number of amides is 1. The number of methoxy groups -OCH3 is 1. The fraction of sp³-hybridized carbons (Fsp3) is 0.688. The Labute approximate surface area is 141 Å². The molecular formula is C16H27N3O5. The molecule has 0 aliphatic rings. The van der Waals surface area contributed by atoms with E-state index in [0.29, 0.717) is 30.7 Å². The Balaban J connectivity index is 2.90. The molecule has 1 aromatic rings. The Kier molecular flexibility index (Phi) is 6.36. The van der Waals surface area contributed by atoms with Crippen LogP contribution in [0.2, 0.25) is 0 Å². The van der Waals surface area contributed by atoms with Crippen LogP contribution in [0.3, 0.4) is 0 Å². The number of hydrogen-bond donors (Lipinski definition) is 3. The van der Waals surface area contributed by atoms with Crippen LogP contribution in [0.25, 0.3) is 0 Å². The molecule has 136 valence electrons. The zero-order valence-corrected chi connectivity index (χ0v) is 15.1. The van der Waals surface area contributed by atoms with Gasteiger partial charge in [0.15, 0.2) is 5.69 Å². The molecule has 0 fully saturated rings. The van der Waals surface area contributed by atoms with E-state index in [9.17, 15) is 14.7 Å². The molecule has 0 unspecified atom stereocenters. The number of nitrogens with one attached hydrogen (secondary N) is 2. The number of hydrogen-bond acceptors (Lipinski definition) is 5. The number of ether oxygens (including phenoxy) is 2. The number of aromatic nitrogens is 2. The second-order valence-electron chi connectivity index (χ2n) is 7.26. The lowest BCUT2D eigenvalue weighted by Gasteiger charge is -2.28. The summed E-state index contributed by atoms with van der Waals surface area (Å²) in [6.45, 7) is 9.41. The van der Waals surface area contributed by atoms with Gasteiger partial charge < -0.3 is 19.9 Å². The highest BCUT2D eigenvalue weighted by Gasteiger charge is 2.28. The number of nitrogens with zero attached hydrogens (tertiary/aromatic N) is 1. The minimum atomic E-state index is -1.10. The van der Waals surface area contributed by atoms with E-state index in [1.54, 1.807) is 27.9 Å². The van der Waals surface area contributed by atoms with Crippen molar-refractivity contribution in [2.24, 2.45) is 0 Å². The van der Waals surface area contributed by atoms with Crippen LogP contribution in [0.4, 0.5) is 4.79 Å². The predicted octanol–water partition coefficient (Wildman–Crippen LogP) is 2.14. The van der Waals surface area contributed by atoms with Gasteiger partial charge in [-0.25, -0.2) is 9.59 Å². The van der Waals surface area contributed by atoms with Crippen molar-refractivity contribution in [1.29, 1.82) is 0 Å². The first kappa shape index (κ1) is 20.0. The Morgan fingerprint density at radius 3 is 2.38 bits per heavy atom. The first-order valence-corrected chi connectivity index (χ1v) is 7.74. The summed E-state index contributed by atoms with van der Waals surface area (Å²) in [5, 5.41) is 18.7. The summed E-state index contributed by atoms with van der Waals surface area (Å²) in [7, 11) is 1.55. The summed E-state index contributed by atoms with van der Waals surface area (Å²) in [6.07, 6.45) is 0.279. The van der Waals surface area contributed by atoms with Gasteiger partial charge in [-0.2, -0.15) is 5.10 Å². The van der Waals surface area contributed by atoms with Crippen LogP contribution in [0, 0.1) is 0 Å². The van der Waals surface area contributed by atoms with Crippen molar-refractivity contribution in [3.8, 4) is 0 Å². The van der Waals surface area contributed by atoms with E-state index in [1.807, 2.05) is 13.8 Å². The highest BCUT2D eigenvalue weighted by molar-refractivity contribution is 5.87. The summed E-state index contributed by atoms with van der Waals surface area (Å²) in [5.74, 6) is -1.10. The number of H-pyrrole nitrogens is 1. The molecule has 1 heterocycles. The number of aromatic carboxylic acids is 1. The lowest BCUT2D eigenvalue weighted by atomic mass is 9.95. The topological polar surface area (TPSA) is 114 Å². The fourth-order valence-electron chi connectivity index (χ4n) is 2.26.